The Bertz CT molecular complexity index is 2970. The Morgan fingerprint density at radius 1 is 0.760 bits per heavy atom. The summed E-state index contributed by atoms with van der Waals surface area (Å²) in [5.74, 6) is -4.87. The van der Waals surface area contributed by atoms with E-state index in [1.54, 1.807) is 42.5 Å². The Balaban J connectivity index is 0.923. The molecule has 5 aliphatic heterocycles. The maximum Gasteiger partial charge on any atom is 0.325 e. The Labute approximate surface area is 435 Å². The summed E-state index contributed by atoms with van der Waals surface area (Å²) < 4.78 is 25.0. The van der Waals surface area contributed by atoms with Gasteiger partial charge in [-0.1, -0.05) is 116 Å². The molecule has 5 aromatic rings. The lowest BCUT2D eigenvalue weighted by Crippen LogP contribution is -2.61. The van der Waals surface area contributed by atoms with E-state index in [0.717, 1.165) is 35.0 Å². The van der Waals surface area contributed by atoms with Crippen LogP contribution in [-0.4, -0.2) is 121 Å². The highest BCUT2D eigenvalue weighted by atomic mass is 16.6. The van der Waals surface area contributed by atoms with Crippen molar-refractivity contribution >= 4 is 41.3 Å². The number of anilines is 1. The maximum absolute atomic E-state index is 15.1. The Morgan fingerprint density at radius 3 is 2.11 bits per heavy atom. The van der Waals surface area contributed by atoms with Crippen molar-refractivity contribution < 1.29 is 57.3 Å². The number of unbranched alkanes of at least 4 members (excludes halogenated alkanes) is 1. The van der Waals surface area contributed by atoms with E-state index in [0.29, 0.717) is 34.5 Å². The number of quaternary nitrogens is 1. The minimum Gasteiger partial charge on any atom is -0.508 e. The molecule has 16 nitrogen and oxygen atoms in total. The zero-order valence-corrected chi connectivity index (χ0v) is 42.2. The number of carbonyl (C=O) groups is 6. The van der Waals surface area contributed by atoms with Gasteiger partial charge in [0.15, 0.2) is 0 Å². The number of ether oxygens (including phenoxy) is 4. The van der Waals surface area contributed by atoms with Crippen molar-refractivity contribution in [2.75, 3.05) is 52.8 Å². The van der Waals surface area contributed by atoms with Gasteiger partial charge in [-0.3, -0.25) is 33.7 Å². The molecule has 4 fully saturated rings. The molecule has 4 saturated heterocycles. The molecule has 5 heterocycles. The molecule has 10 rings (SSSR count). The number of amides is 3. The summed E-state index contributed by atoms with van der Waals surface area (Å²) in [4.78, 5) is 90.1. The summed E-state index contributed by atoms with van der Waals surface area (Å²) in [5, 5.41) is 16.1. The average Bonchev–Trinajstić information content (AvgIpc) is 4.07. The Hall–Kier alpha value is -7.82. The largest absolute Gasteiger partial charge is 0.508 e. The summed E-state index contributed by atoms with van der Waals surface area (Å²) in [5.41, 5.74) is 2.09. The van der Waals surface area contributed by atoms with Crippen LogP contribution >= 0.6 is 0 Å². The lowest BCUT2D eigenvalue weighted by Gasteiger charge is -2.46. The number of rotatable bonds is 17. The van der Waals surface area contributed by atoms with Crippen molar-refractivity contribution in [3.8, 4) is 11.5 Å². The van der Waals surface area contributed by atoms with E-state index in [4.69, 9.17) is 18.9 Å². The van der Waals surface area contributed by atoms with E-state index in [9.17, 15) is 29.1 Å². The van der Waals surface area contributed by atoms with Crippen LogP contribution < -0.4 is 15.4 Å². The molecule has 0 unspecified atom stereocenters. The van der Waals surface area contributed by atoms with Gasteiger partial charge < -0.3 is 44.1 Å². The molecule has 0 aliphatic carbocycles. The topological polar surface area (TPSA) is 190 Å². The number of fused-ring (bicyclic) bond motifs is 4. The van der Waals surface area contributed by atoms with Crippen LogP contribution in [0.15, 0.2) is 146 Å². The van der Waals surface area contributed by atoms with Crippen molar-refractivity contribution in [3.63, 3.8) is 0 Å². The van der Waals surface area contributed by atoms with Gasteiger partial charge in [-0.05, 0) is 83.8 Å². The number of esters is 3. The second-order valence-electron chi connectivity index (χ2n) is 21.0. The third-order valence-corrected chi connectivity index (χ3v) is 15.4. The van der Waals surface area contributed by atoms with E-state index in [1.165, 1.54) is 23.1 Å². The van der Waals surface area contributed by atoms with Gasteiger partial charge in [-0.25, -0.2) is 0 Å². The number of hydrogen-bond acceptors (Lipinski definition) is 12. The summed E-state index contributed by atoms with van der Waals surface area (Å²) >= 11 is 0. The van der Waals surface area contributed by atoms with E-state index >= 15 is 4.79 Å². The van der Waals surface area contributed by atoms with E-state index in [2.05, 4.69) is 38.4 Å². The zero-order chi connectivity index (χ0) is 52.6. The lowest BCUT2D eigenvalue weighted by molar-refractivity contribution is -0.870. The first-order valence-electron chi connectivity index (χ1n) is 25.6. The quantitative estimate of drug-likeness (QED) is 0.0296. The van der Waals surface area contributed by atoms with Crippen LogP contribution in [0, 0.1) is 11.8 Å². The minimum atomic E-state index is -1.70. The molecule has 3 N–H and O–H groups in total. The fourth-order valence-corrected chi connectivity index (χ4v) is 12.2. The number of piperazine rings is 1. The molecule has 0 saturated carbocycles. The highest BCUT2D eigenvalue weighted by molar-refractivity contribution is 6.11. The second kappa shape index (κ2) is 20.8. The number of phenols is 1. The number of benzene rings is 5. The number of cyclic esters (lactones) is 1. The minimum absolute atomic E-state index is 0.0224. The van der Waals surface area contributed by atoms with Crippen LogP contribution in [0.1, 0.15) is 77.7 Å². The van der Waals surface area contributed by atoms with Gasteiger partial charge in [-0.15, -0.1) is 0 Å². The lowest BCUT2D eigenvalue weighted by atomic mass is 9.65. The van der Waals surface area contributed by atoms with E-state index in [-0.39, 0.29) is 43.8 Å². The number of hydrogen-bond donors (Lipinski definition) is 3. The summed E-state index contributed by atoms with van der Waals surface area (Å²) in [6.07, 6.45) is 2.74. The monoisotopic (exact) mass is 1020 g/mol. The van der Waals surface area contributed by atoms with Crippen LogP contribution in [-0.2, 0) is 48.4 Å². The molecule has 16 heteroatoms. The highest BCUT2D eigenvalue weighted by Gasteiger charge is 2.74. The number of aromatic hydroxyl groups is 1. The number of carbonyl (C=O) groups excluding carboxylic acids is 6. The fraction of sp³-hybridized carbons (Fsp3) is 0.356. The van der Waals surface area contributed by atoms with Gasteiger partial charge in [0, 0.05) is 5.69 Å². The molecule has 1 spiro atoms. The molecule has 0 aromatic heterocycles. The third kappa shape index (κ3) is 9.41. The Morgan fingerprint density at radius 2 is 1.41 bits per heavy atom. The maximum atomic E-state index is 15.1. The molecule has 3 amide bonds. The van der Waals surface area contributed by atoms with Crippen molar-refractivity contribution in [1.29, 1.82) is 0 Å². The molecule has 388 valence electrons. The summed E-state index contributed by atoms with van der Waals surface area (Å²) in [6.45, 7) is 4.29. The smallest absolute Gasteiger partial charge is 0.325 e. The van der Waals surface area contributed by atoms with Gasteiger partial charge in [-0.2, -0.15) is 0 Å². The zero-order valence-electron chi connectivity index (χ0n) is 42.2. The van der Waals surface area contributed by atoms with Crippen LogP contribution in [0.5, 0.6) is 11.5 Å². The summed E-state index contributed by atoms with van der Waals surface area (Å²) in [6, 6.07) is 34.3. The van der Waals surface area contributed by atoms with Crippen molar-refractivity contribution in [2.45, 2.75) is 73.5 Å². The van der Waals surface area contributed by atoms with Crippen molar-refractivity contribution in [2.24, 2.45) is 11.8 Å². The fourth-order valence-electron chi connectivity index (χ4n) is 12.2. The SMILES string of the molecule is C=CCOC(=O)[C@H]1[C@@H]2C(=O)O[C@@H](c3ccccc3)[C@@H](c3ccccc3)N2[C@@H](c2ccc(OCCOC(=O)[C@@H]3C[C@@H]4C(=O)N[C@@H](CCCC[N+](C)(C)C)C(=O)N4[C@@H]3c3ccc(O)cc3)cc2)[C@]12C(=O)Nc1ccccc12. The highest BCUT2D eigenvalue weighted by Crippen LogP contribution is 2.65. The van der Waals surface area contributed by atoms with Gasteiger partial charge in [0.2, 0.25) is 17.7 Å². The molecule has 5 aliphatic rings. The van der Waals surface area contributed by atoms with Gasteiger partial charge in [0.25, 0.3) is 0 Å². The first-order valence-corrected chi connectivity index (χ1v) is 25.6. The van der Waals surface area contributed by atoms with Crippen LogP contribution in [0.2, 0.25) is 0 Å². The number of nitrogens with one attached hydrogen (secondary N) is 2. The average molecular weight is 1020 g/mol. The molecular weight excluding hydrogens is 955 g/mol. The predicted molar refractivity (Wildman–Crippen MR) is 275 cm³/mol. The van der Waals surface area contributed by atoms with Crippen LogP contribution in [0.3, 0.4) is 0 Å². The second-order valence-corrected chi connectivity index (χ2v) is 21.0. The number of morpholine rings is 1. The van der Waals surface area contributed by atoms with Gasteiger partial charge in [0.05, 0.1) is 51.7 Å². The van der Waals surface area contributed by atoms with Gasteiger partial charge in [0.1, 0.15) is 66.9 Å². The third-order valence-electron chi connectivity index (χ3n) is 15.4. The van der Waals surface area contributed by atoms with Crippen LogP contribution in [0.25, 0.3) is 0 Å². The number of phenolic OH excluding ortho intramolecular Hbond substituents is 1. The predicted octanol–water partition coefficient (Wildman–Crippen LogP) is 6.65. The van der Waals surface area contributed by atoms with Crippen molar-refractivity contribution in [1.82, 2.24) is 15.1 Å². The summed E-state index contributed by atoms with van der Waals surface area (Å²) in [7, 11) is 6.31. The standard InChI is InChI=1S/C59H61N5O11/c1-5-32-73-56(69)47-50-57(70)75-51(38-18-10-7-11-19-38)49(36-16-8-6-9-17-36)63(50)52(59(47)43-20-12-13-21-44(43)61-58(59)71)39-25-29-41(30-26-39)72-33-34-74-55(68)42-35-46-53(66)60-45(22-14-15-31-64(2,3)4)54(67)62(46)48(42)37-23-27-40(65)28-24-37/h5-13,16-21,23-30,42,45-52H,1,14-15,22,31-35H2,2-4H3,(H2-,60,61,65,66,71)/p+1/t42-,45+,46-,47-,48-,49-,50-,51+,52+,59-/m1/s1. The van der Waals surface area contributed by atoms with Crippen molar-refractivity contribution in [3.05, 3.63) is 174 Å². The van der Waals surface area contributed by atoms with Crippen LogP contribution in [0.4, 0.5) is 5.69 Å². The van der Waals surface area contributed by atoms with E-state index in [1.807, 2.05) is 83.8 Å². The Kier molecular flexibility index (Phi) is 14.1. The normalized spacial score (nSPS) is 26.9. The number of para-hydroxylation sites is 1. The molecule has 0 radical (unpaired) electrons. The van der Waals surface area contributed by atoms with Gasteiger partial charge >= 0.3 is 17.9 Å². The molecule has 5 aromatic carbocycles. The molecule has 10 atom stereocenters. The molecule has 75 heavy (non-hydrogen) atoms. The molecular formula is C59H62N5O11+. The first-order chi connectivity index (χ1) is 36.2. The number of nitrogens with zero attached hydrogens (tertiary/aromatic N) is 3. The first kappa shape index (κ1) is 50.7. The van der Waals surface area contributed by atoms with E-state index < -0.39 is 83.4 Å². The molecule has 0 bridgehead atoms.